The fourth-order valence-corrected chi connectivity index (χ4v) is 3.99. The number of alkyl halides is 3. The Morgan fingerprint density at radius 3 is 2.28 bits per heavy atom. The smallest absolute Gasteiger partial charge is 0.417 e. The number of carboxylic acid groups (broad SMARTS) is 1. The van der Waals surface area contributed by atoms with Crippen LogP contribution in [0.15, 0.2) is 53.4 Å². The minimum absolute atomic E-state index is 0.0118. The van der Waals surface area contributed by atoms with Crippen molar-refractivity contribution < 1.29 is 40.7 Å². The third kappa shape index (κ3) is 6.92. The van der Waals surface area contributed by atoms with Crippen molar-refractivity contribution in [1.29, 1.82) is 0 Å². The second-order valence-electron chi connectivity index (χ2n) is 6.47. The standard InChI is InChI=1S/C19H19F4N3O5S/c20-13-7-8-15(14(11-13)19(21,22)23)32(30,31)25-10-4-9-24-17(27)16(26-18(28)29)12-5-2-1-3-6-12/h1-3,5-8,11,16,25-26H,4,9-10H2,(H,24,27)(H,28,29)/t16-/m0/s1. The first kappa shape index (κ1) is 25.1. The lowest BCUT2D eigenvalue weighted by atomic mass is 10.1. The molecule has 0 aliphatic heterocycles. The zero-order valence-electron chi connectivity index (χ0n) is 16.3. The van der Waals surface area contributed by atoms with E-state index in [2.05, 4.69) is 10.6 Å². The summed E-state index contributed by atoms with van der Waals surface area (Å²) in [5.74, 6) is -1.93. The first-order valence-corrected chi connectivity index (χ1v) is 10.6. The highest BCUT2D eigenvalue weighted by molar-refractivity contribution is 7.89. The molecule has 0 spiro atoms. The summed E-state index contributed by atoms with van der Waals surface area (Å²) in [5.41, 5.74) is -1.26. The Bertz CT molecular complexity index is 1060. The number of nitrogens with one attached hydrogen (secondary N) is 3. The minimum Gasteiger partial charge on any atom is -0.465 e. The number of carbonyl (C=O) groups is 2. The van der Waals surface area contributed by atoms with E-state index in [1.165, 1.54) is 12.1 Å². The summed E-state index contributed by atoms with van der Waals surface area (Å²) in [5, 5.41) is 13.4. The van der Waals surface area contributed by atoms with E-state index in [9.17, 15) is 35.6 Å². The van der Waals surface area contributed by atoms with Gasteiger partial charge in [0.25, 0.3) is 0 Å². The van der Waals surface area contributed by atoms with E-state index in [1.807, 2.05) is 4.72 Å². The molecule has 2 aromatic carbocycles. The van der Waals surface area contributed by atoms with Crippen molar-refractivity contribution in [2.45, 2.75) is 23.5 Å². The van der Waals surface area contributed by atoms with Crippen LogP contribution in [0.3, 0.4) is 0 Å². The van der Waals surface area contributed by atoms with Gasteiger partial charge in [-0.25, -0.2) is 22.3 Å². The largest absolute Gasteiger partial charge is 0.465 e. The molecule has 13 heteroatoms. The Kier molecular flexibility index (Phi) is 8.16. The molecule has 174 valence electrons. The molecule has 0 aromatic heterocycles. The molecule has 32 heavy (non-hydrogen) atoms. The van der Waals surface area contributed by atoms with Crippen LogP contribution in [-0.4, -0.2) is 38.6 Å². The summed E-state index contributed by atoms with van der Waals surface area (Å²) in [6.07, 6.45) is -6.52. The number of benzene rings is 2. The van der Waals surface area contributed by atoms with Gasteiger partial charge in [0.2, 0.25) is 15.9 Å². The van der Waals surface area contributed by atoms with Crippen LogP contribution in [0.1, 0.15) is 23.6 Å². The Morgan fingerprint density at radius 1 is 1.03 bits per heavy atom. The van der Waals surface area contributed by atoms with E-state index < -0.39 is 50.5 Å². The highest BCUT2D eigenvalue weighted by atomic mass is 32.2. The van der Waals surface area contributed by atoms with Crippen molar-refractivity contribution in [2.24, 2.45) is 0 Å². The SMILES string of the molecule is O=C(O)N[C@H](C(=O)NCCCNS(=O)(=O)c1ccc(F)cc1C(F)(F)F)c1ccccc1. The van der Waals surface area contributed by atoms with E-state index in [0.29, 0.717) is 17.7 Å². The molecule has 0 saturated heterocycles. The van der Waals surface area contributed by atoms with E-state index in [4.69, 9.17) is 5.11 Å². The second-order valence-corrected chi connectivity index (χ2v) is 8.21. The average Bonchev–Trinajstić information content (AvgIpc) is 2.71. The average molecular weight is 477 g/mol. The molecule has 1 atom stereocenters. The van der Waals surface area contributed by atoms with Gasteiger partial charge in [-0.3, -0.25) is 4.79 Å². The number of halogens is 4. The van der Waals surface area contributed by atoms with E-state index in [0.717, 1.165) is 0 Å². The summed E-state index contributed by atoms with van der Waals surface area (Å²) in [7, 11) is -4.61. The zero-order valence-corrected chi connectivity index (χ0v) is 17.1. The molecular formula is C19H19F4N3O5S. The lowest BCUT2D eigenvalue weighted by Gasteiger charge is -2.17. The quantitative estimate of drug-likeness (QED) is 0.327. The highest BCUT2D eigenvalue weighted by Crippen LogP contribution is 2.34. The fourth-order valence-electron chi connectivity index (χ4n) is 2.71. The van der Waals surface area contributed by atoms with Gasteiger partial charge in [-0.05, 0) is 30.2 Å². The van der Waals surface area contributed by atoms with Crippen LogP contribution < -0.4 is 15.4 Å². The second kappa shape index (κ2) is 10.4. The van der Waals surface area contributed by atoms with Crippen LogP contribution in [0.25, 0.3) is 0 Å². The number of hydrogen-bond donors (Lipinski definition) is 4. The van der Waals surface area contributed by atoms with Gasteiger partial charge in [0.15, 0.2) is 0 Å². The van der Waals surface area contributed by atoms with Gasteiger partial charge in [0.1, 0.15) is 11.9 Å². The number of sulfonamides is 1. The molecule has 0 aliphatic carbocycles. The minimum atomic E-state index is -5.08. The van der Waals surface area contributed by atoms with Gasteiger partial charge < -0.3 is 15.7 Å². The van der Waals surface area contributed by atoms with Gasteiger partial charge in [-0.1, -0.05) is 30.3 Å². The molecule has 0 bridgehead atoms. The van der Waals surface area contributed by atoms with Gasteiger partial charge >= 0.3 is 12.3 Å². The molecule has 0 unspecified atom stereocenters. The zero-order chi connectivity index (χ0) is 23.9. The van der Waals surface area contributed by atoms with E-state index in [-0.39, 0.29) is 25.6 Å². The molecule has 0 heterocycles. The maximum atomic E-state index is 13.2. The normalized spacial score (nSPS) is 12.8. The Balaban J connectivity index is 1.96. The van der Waals surface area contributed by atoms with Gasteiger partial charge in [-0.2, -0.15) is 13.2 Å². The molecule has 0 fully saturated rings. The van der Waals surface area contributed by atoms with Crippen molar-refractivity contribution in [2.75, 3.05) is 13.1 Å². The summed E-state index contributed by atoms with van der Waals surface area (Å²) < 4.78 is 78.7. The van der Waals surface area contributed by atoms with Crippen LogP contribution in [0.4, 0.5) is 22.4 Å². The lowest BCUT2D eigenvalue weighted by Crippen LogP contribution is -2.40. The third-order valence-corrected chi connectivity index (χ3v) is 5.66. The van der Waals surface area contributed by atoms with Crippen molar-refractivity contribution in [1.82, 2.24) is 15.4 Å². The van der Waals surface area contributed by atoms with Crippen LogP contribution >= 0.6 is 0 Å². The third-order valence-electron chi connectivity index (χ3n) is 4.14. The maximum Gasteiger partial charge on any atom is 0.417 e. The number of hydrogen-bond acceptors (Lipinski definition) is 4. The highest BCUT2D eigenvalue weighted by Gasteiger charge is 2.37. The van der Waals surface area contributed by atoms with Crippen LogP contribution in [0, 0.1) is 5.82 Å². The van der Waals surface area contributed by atoms with E-state index >= 15 is 0 Å². The Morgan fingerprint density at radius 2 is 1.69 bits per heavy atom. The van der Waals surface area contributed by atoms with Crippen molar-refractivity contribution >= 4 is 22.0 Å². The maximum absolute atomic E-state index is 13.2. The molecule has 2 amide bonds. The lowest BCUT2D eigenvalue weighted by molar-refractivity contribution is -0.140. The summed E-state index contributed by atoms with van der Waals surface area (Å²) in [6, 6.07) is 7.97. The summed E-state index contributed by atoms with van der Waals surface area (Å²) in [4.78, 5) is 22.1. The number of amides is 2. The van der Waals surface area contributed by atoms with Crippen molar-refractivity contribution in [3.8, 4) is 0 Å². The molecule has 2 rings (SSSR count). The first-order valence-electron chi connectivity index (χ1n) is 9.10. The summed E-state index contributed by atoms with van der Waals surface area (Å²) in [6.45, 7) is -0.429. The van der Waals surface area contributed by atoms with Crippen molar-refractivity contribution in [3.63, 3.8) is 0 Å². The monoisotopic (exact) mass is 477 g/mol. The van der Waals surface area contributed by atoms with Crippen LogP contribution in [0.5, 0.6) is 0 Å². The Labute approximate surface area is 180 Å². The van der Waals surface area contributed by atoms with Gasteiger partial charge in [-0.15, -0.1) is 0 Å². The predicted octanol–water partition coefficient (Wildman–Crippen LogP) is 2.64. The fraction of sp³-hybridized carbons (Fsp3) is 0.263. The molecule has 0 aliphatic rings. The Hall–Kier alpha value is -3.19. The molecule has 0 radical (unpaired) electrons. The van der Waals surface area contributed by atoms with E-state index in [1.54, 1.807) is 18.2 Å². The van der Waals surface area contributed by atoms with Crippen LogP contribution in [-0.2, 0) is 21.0 Å². The summed E-state index contributed by atoms with van der Waals surface area (Å²) >= 11 is 0. The number of rotatable bonds is 9. The molecular weight excluding hydrogens is 458 g/mol. The van der Waals surface area contributed by atoms with Crippen molar-refractivity contribution in [3.05, 3.63) is 65.5 Å². The van der Waals surface area contributed by atoms with Gasteiger partial charge in [0.05, 0.1) is 10.5 Å². The van der Waals surface area contributed by atoms with Crippen LogP contribution in [0.2, 0.25) is 0 Å². The van der Waals surface area contributed by atoms with Gasteiger partial charge in [0, 0.05) is 13.1 Å². The number of carbonyl (C=O) groups excluding carboxylic acids is 1. The molecule has 0 saturated carbocycles. The molecule has 4 N–H and O–H groups in total. The molecule has 2 aromatic rings. The predicted molar refractivity (Wildman–Crippen MR) is 105 cm³/mol. The topological polar surface area (TPSA) is 125 Å². The molecule has 8 nitrogen and oxygen atoms in total. The first-order chi connectivity index (χ1) is 14.9.